The predicted octanol–water partition coefficient (Wildman–Crippen LogP) is 2.14. The second-order valence-corrected chi connectivity index (χ2v) is 4.60. The van der Waals surface area contributed by atoms with Gasteiger partial charge in [0.05, 0.1) is 12.3 Å². The van der Waals surface area contributed by atoms with Gasteiger partial charge in [-0.1, -0.05) is 25.1 Å². The van der Waals surface area contributed by atoms with Crippen molar-refractivity contribution in [2.75, 3.05) is 6.54 Å². The molecule has 1 unspecified atom stereocenters. The molecule has 1 aliphatic rings. The number of aromatic nitrogens is 1. The van der Waals surface area contributed by atoms with Gasteiger partial charge in [0.25, 0.3) is 0 Å². The van der Waals surface area contributed by atoms with Gasteiger partial charge in [0.15, 0.2) is 0 Å². The summed E-state index contributed by atoms with van der Waals surface area (Å²) in [6.45, 7) is 2.77. The normalized spacial score (nSPS) is 18.3. The van der Waals surface area contributed by atoms with Crippen molar-refractivity contribution in [3.05, 3.63) is 36.0 Å². The number of benzene rings is 1. The molecule has 2 aromatic rings. The molecule has 2 heterocycles. The molecule has 0 saturated carbocycles. The summed E-state index contributed by atoms with van der Waals surface area (Å²) >= 11 is 0. The van der Waals surface area contributed by atoms with Crippen molar-refractivity contribution in [3.63, 3.8) is 0 Å². The van der Waals surface area contributed by atoms with Crippen LogP contribution in [0.4, 0.5) is 0 Å². The first-order valence-electron chi connectivity index (χ1n) is 5.93. The zero-order chi connectivity index (χ0) is 12.7. The summed E-state index contributed by atoms with van der Waals surface area (Å²) in [5.41, 5.74) is 8.67. The van der Waals surface area contributed by atoms with Crippen molar-refractivity contribution >= 4 is 35.0 Å². The fourth-order valence-corrected chi connectivity index (χ4v) is 2.37. The number of para-hydroxylation sites is 1. The van der Waals surface area contributed by atoms with Gasteiger partial charge in [-0.15, -0.1) is 12.4 Å². The number of hydrogen-bond donors (Lipinski definition) is 3. The Morgan fingerprint density at radius 2 is 2.21 bits per heavy atom. The first-order valence-corrected chi connectivity index (χ1v) is 5.93. The summed E-state index contributed by atoms with van der Waals surface area (Å²) in [5.74, 6) is 0.268. The van der Waals surface area contributed by atoms with Crippen LogP contribution >= 0.6 is 12.4 Å². The fraction of sp³-hybridized carbons (Fsp3) is 0.231. The molecule has 0 spiro atoms. The van der Waals surface area contributed by atoms with E-state index in [0.29, 0.717) is 6.54 Å². The number of H-pyrrole nitrogens is 1. The first-order chi connectivity index (χ1) is 8.66. The molecule has 0 aliphatic carbocycles. The monoisotopic (exact) mass is 277 g/mol. The Bertz CT molecular complexity index is 645. The molecule has 1 aromatic heterocycles. The Morgan fingerprint density at radius 3 is 2.89 bits per heavy atom. The van der Waals surface area contributed by atoms with Gasteiger partial charge in [-0.05, 0) is 6.07 Å². The fourth-order valence-electron chi connectivity index (χ4n) is 2.37. The average Bonchev–Trinajstić information content (AvgIpc) is 2.92. The van der Waals surface area contributed by atoms with Crippen LogP contribution in [-0.2, 0) is 0 Å². The molecule has 0 saturated heterocycles. The first kappa shape index (κ1) is 13.4. The van der Waals surface area contributed by atoms with Crippen LogP contribution in [0.25, 0.3) is 10.9 Å². The Balaban J connectivity index is 0.00000133. The Labute approximate surface area is 117 Å². The van der Waals surface area contributed by atoms with E-state index in [9.17, 15) is 0 Å². The van der Waals surface area contributed by atoms with Gasteiger partial charge < -0.3 is 10.7 Å². The SMILES string of the molecule is CC1CN(C(=N)N)N=C1c1c[nH]c2ccccc12.Cl. The van der Waals surface area contributed by atoms with Crippen LogP contribution in [0, 0.1) is 11.3 Å². The van der Waals surface area contributed by atoms with E-state index in [1.807, 2.05) is 24.4 Å². The number of fused-ring (bicyclic) bond motifs is 1. The summed E-state index contributed by atoms with van der Waals surface area (Å²) in [6.07, 6.45) is 1.98. The Hall–Kier alpha value is -2.01. The molecule has 19 heavy (non-hydrogen) atoms. The molecule has 0 radical (unpaired) electrons. The minimum absolute atomic E-state index is 0. The van der Waals surface area contributed by atoms with Crippen molar-refractivity contribution in [1.29, 1.82) is 5.41 Å². The van der Waals surface area contributed by atoms with E-state index >= 15 is 0 Å². The largest absolute Gasteiger partial charge is 0.369 e. The summed E-state index contributed by atoms with van der Waals surface area (Å²) in [4.78, 5) is 3.25. The molecular weight excluding hydrogens is 262 g/mol. The van der Waals surface area contributed by atoms with Crippen LogP contribution in [0.5, 0.6) is 0 Å². The highest BCUT2D eigenvalue weighted by molar-refractivity contribution is 6.12. The second kappa shape index (κ2) is 4.93. The van der Waals surface area contributed by atoms with Gasteiger partial charge in [-0.3, -0.25) is 5.41 Å². The number of nitrogens with zero attached hydrogens (tertiary/aromatic N) is 2. The predicted molar refractivity (Wildman–Crippen MR) is 79.9 cm³/mol. The molecule has 5 nitrogen and oxygen atoms in total. The minimum atomic E-state index is -0.00306. The number of halogens is 1. The molecule has 100 valence electrons. The highest BCUT2D eigenvalue weighted by Gasteiger charge is 2.26. The van der Waals surface area contributed by atoms with Gasteiger partial charge in [0.2, 0.25) is 5.96 Å². The van der Waals surface area contributed by atoms with Crippen molar-refractivity contribution < 1.29 is 0 Å². The number of nitrogens with one attached hydrogen (secondary N) is 2. The van der Waals surface area contributed by atoms with E-state index in [1.165, 1.54) is 0 Å². The summed E-state index contributed by atoms with van der Waals surface area (Å²) < 4.78 is 0. The number of rotatable bonds is 1. The third kappa shape index (κ3) is 2.17. The third-order valence-electron chi connectivity index (χ3n) is 3.29. The summed E-state index contributed by atoms with van der Waals surface area (Å²) in [6, 6.07) is 8.14. The van der Waals surface area contributed by atoms with Crippen LogP contribution in [0.2, 0.25) is 0 Å². The van der Waals surface area contributed by atoms with E-state index in [-0.39, 0.29) is 24.3 Å². The van der Waals surface area contributed by atoms with Crippen LogP contribution < -0.4 is 5.73 Å². The lowest BCUT2D eigenvalue weighted by molar-refractivity contribution is 0.448. The lowest BCUT2D eigenvalue weighted by Crippen LogP contribution is -2.31. The topological polar surface area (TPSA) is 81.3 Å². The quantitative estimate of drug-likeness (QED) is 0.551. The maximum Gasteiger partial charge on any atom is 0.209 e. The van der Waals surface area contributed by atoms with Gasteiger partial charge in [0, 0.05) is 28.6 Å². The zero-order valence-corrected chi connectivity index (χ0v) is 11.4. The molecular formula is C13H16ClN5. The van der Waals surface area contributed by atoms with Crippen LogP contribution in [0.1, 0.15) is 12.5 Å². The molecule has 4 N–H and O–H groups in total. The molecule has 0 bridgehead atoms. The molecule has 0 amide bonds. The smallest absolute Gasteiger partial charge is 0.209 e. The van der Waals surface area contributed by atoms with E-state index in [1.54, 1.807) is 5.01 Å². The zero-order valence-electron chi connectivity index (χ0n) is 10.6. The highest BCUT2D eigenvalue weighted by atomic mass is 35.5. The maximum absolute atomic E-state index is 7.45. The van der Waals surface area contributed by atoms with Gasteiger partial charge >= 0.3 is 0 Å². The lowest BCUT2D eigenvalue weighted by atomic mass is 9.99. The number of hydrogen-bond acceptors (Lipinski definition) is 2. The van der Waals surface area contributed by atoms with Crippen LogP contribution in [-0.4, -0.2) is 28.2 Å². The van der Waals surface area contributed by atoms with Gasteiger partial charge in [-0.2, -0.15) is 5.10 Å². The molecule has 3 rings (SSSR count). The number of aromatic amines is 1. The molecule has 6 heteroatoms. The maximum atomic E-state index is 7.45. The highest BCUT2D eigenvalue weighted by Crippen LogP contribution is 2.25. The number of hydrazone groups is 1. The summed E-state index contributed by atoms with van der Waals surface area (Å²) in [7, 11) is 0. The average molecular weight is 278 g/mol. The van der Waals surface area contributed by atoms with Gasteiger partial charge in [0.1, 0.15) is 0 Å². The third-order valence-corrected chi connectivity index (χ3v) is 3.29. The van der Waals surface area contributed by atoms with Crippen molar-refractivity contribution in [2.45, 2.75) is 6.92 Å². The van der Waals surface area contributed by atoms with Crippen molar-refractivity contribution in [2.24, 2.45) is 16.8 Å². The van der Waals surface area contributed by atoms with Crippen molar-refractivity contribution in [3.8, 4) is 0 Å². The Kier molecular flexibility index (Phi) is 3.48. The summed E-state index contributed by atoms with van der Waals surface area (Å²) in [5, 5.41) is 14.6. The number of guanidine groups is 1. The van der Waals surface area contributed by atoms with Crippen molar-refractivity contribution in [1.82, 2.24) is 9.99 Å². The standard InChI is InChI=1S/C13H15N5.ClH/c1-8-7-18(13(14)15)17-12(8)10-6-16-11-5-3-2-4-9(10)11;/h2-6,8,16H,7H2,1H3,(H3,14,15);1H. The minimum Gasteiger partial charge on any atom is -0.369 e. The molecule has 1 atom stereocenters. The van der Waals surface area contributed by atoms with E-state index in [0.717, 1.165) is 22.2 Å². The Morgan fingerprint density at radius 1 is 1.47 bits per heavy atom. The molecule has 1 aromatic carbocycles. The molecule has 0 fully saturated rings. The van der Waals surface area contributed by atoms with E-state index < -0.39 is 0 Å². The lowest BCUT2D eigenvalue weighted by Gasteiger charge is -2.10. The molecule has 1 aliphatic heterocycles. The van der Waals surface area contributed by atoms with Crippen LogP contribution in [0.3, 0.4) is 0 Å². The number of nitrogens with two attached hydrogens (primary N) is 1. The van der Waals surface area contributed by atoms with Gasteiger partial charge in [-0.25, -0.2) is 5.01 Å². The van der Waals surface area contributed by atoms with E-state index in [4.69, 9.17) is 11.1 Å². The van der Waals surface area contributed by atoms with Crippen LogP contribution in [0.15, 0.2) is 35.6 Å². The second-order valence-electron chi connectivity index (χ2n) is 4.60. The van der Waals surface area contributed by atoms with E-state index in [2.05, 4.69) is 23.1 Å².